The molecule has 1 saturated heterocycles. The highest BCUT2D eigenvalue weighted by atomic mass is 35.5. The number of benzene rings is 3. The van der Waals surface area contributed by atoms with Gasteiger partial charge in [0.05, 0.1) is 21.3 Å². The molecule has 0 aliphatic carbocycles. The molecule has 3 aromatic rings. The molecular weight excluding hydrogens is 511 g/mol. The molecule has 0 atom stereocenters. The van der Waals surface area contributed by atoms with Crippen LogP contribution in [0.2, 0.25) is 10.0 Å². The number of nitrogens with one attached hydrogen (secondary N) is 1. The Morgan fingerprint density at radius 3 is 2.26 bits per heavy atom. The van der Waals surface area contributed by atoms with Crippen LogP contribution in [0.1, 0.15) is 21.5 Å². The summed E-state index contributed by atoms with van der Waals surface area (Å²) in [6, 6.07) is 17.9. The predicted molar refractivity (Wildman–Crippen MR) is 137 cm³/mol. The second-order valence-electron chi connectivity index (χ2n) is 7.40. The maximum Gasteiger partial charge on any atom is 0.335 e. The Morgan fingerprint density at radius 2 is 1.66 bits per heavy atom. The number of carboxylic acids is 1. The maximum atomic E-state index is 13.1. The standard InChI is InChI=1S/C25H16Cl2N2O5S/c26-19-11-15(12-20(27)21(19)34-13-14-6-8-16(9-7-14)24(32)33)10-18-22(30)28-25(35)29(23(18)31)17-4-2-1-3-5-17/h1-12H,13H2,(H,32,33)(H,28,30,35). The largest absolute Gasteiger partial charge is 0.486 e. The zero-order valence-corrected chi connectivity index (χ0v) is 20.2. The van der Waals surface area contributed by atoms with E-state index in [1.54, 1.807) is 42.5 Å². The number of halogens is 2. The van der Waals surface area contributed by atoms with Crippen LogP contribution < -0.4 is 15.0 Å². The van der Waals surface area contributed by atoms with E-state index >= 15 is 0 Å². The number of rotatable bonds is 6. The van der Waals surface area contributed by atoms with E-state index in [2.05, 4.69) is 5.32 Å². The highest BCUT2D eigenvalue weighted by Gasteiger charge is 2.34. The fourth-order valence-corrected chi connectivity index (χ4v) is 4.23. The number of carbonyl (C=O) groups excluding carboxylic acids is 2. The summed E-state index contributed by atoms with van der Waals surface area (Å²) in [5.41, 5.74) is 1.67. The average Bonchev–Trinajstić information content (AvgIpc) is 2.82. The third kappa shape index (κ3) is 5.35. The number of thiocarbonyl (C=S) groups is 1. The van der Waals surface area contributed by atoms with E-state index in [-0.39, 0.29) is 38.7 Å². The highest BCUT2D eigenvalue weighted by Crippen LogP contribution is 2.36. The smallest absolute Gasteiger partial charge is 0.335 e. The molecule has 7 nitrogen and oxygen atoms in total. The van der Waals surface area contributed by atoms with Crippen LogP contribution >= 0.6 is 35.4 Å². The monoisotopic (exact) mass is 526 g/mol. The van der Waals surface area contributed by atoms with Gasteiger partial charge in [0.15, 0.2) is 10.9 Å². The molecule has 3 aromatic carbocycles. The van der Waals surface area contributed by atoms with E-state index in [0.717, 1.165) is 5.56 Å². The summed E-state index contributed by atoms with van der Waals surface area (Å²) in [6.45, 7) is 0.101. The molecule has 176 valence electrons. The number of hydrogen-bond donors (Lipinski definition) is 2. The van der Waals surface area contributed by atoms with Gasteiger partial charge in [0.1, 0.15) is 12.2 Å². The van der Waals surface area contributed by atoms with E-state index in [9.17, 15) is 14.4 Å². The van der Waals surface area contributed by atoms with Crippen molar-refractivity contribution in [1.82, 2.24) is 5.32 Å². The van der Waals surface area contributed by atoms with Crippen LogP contribution in [-0.2, 0) is 16.2 Å². The van der Waals surface area contributed by atoms with E-state index < -0.39 is 17.8 Å². The van der Waals surface area contributed by atoms with Crippen LogP contribution in [0.25, 0.3) is 6.08 Å². The van der Waals surface area contributed by atoms with Gasteiger partial charge in [0.2, 0.25) is 0 Å². The van der Waals surface area contributed by atoms with Crippen molar-refractivity contribution in [1.29, 1.82) is 0 Å². The van der Waals surface area contributed by atoms with Crippen molar-refractivity contribution in [3.05, 3.63) is 99.0 Å². The minimum absolute atomic E-state index is 0.0143. The molecule has 0 aromatic heterocycles. The summed E-state index contributed by atoms with van der Waals surface area (Å²) in [5.74, 6) is -2.02. The van der Waals surface area contributed by atoms with E-state index in [0.29, 0.717) is 11.3 Å². The van der Waals surface area contributed by atoms with Gasteiger partial charge in [0, 0.05) is 0 Å². The van der Waals surface area contributed by atoms with Crippen LogP contribution in [0.4, 0.5) is 5.69 Å². The second kappa shape index (κ2) is 10.3. The molecule has 1 heterocycles. The number of hydrogen-bond acceptors (Lipinski definition) is 5. The maximum absolute atomic E-state index is 13.1. The first-order valence-corrected chi connectivity index (χ1v) is 11.3. The van der Waals surface area contributed by atoms with Crippen molar-refractivity contribution in [3.8, 4) is 5.75 Å². The molecule has 1 aliphatic rings. The summed E-state index contributed by atoms with van der Waals surface area (Å²) in [5, 5.41) is 11.8. The molecule has 0 saturated carbocycles. The third-order valence-corrected chi connectivity index (χ3v) is 5.88. The number of para-hydroxylation sites is 1. The number of aromatic carboxylic acids is 1. The number of ether oxygens (including phenoxy) is 1. The van der Waals surface area contributed by atoms with Gasteiger partial charge in [0.25, 0.3) is 11.8 Å². The number of amides is 2. The first kappa shape index (κ1) is 24.4. The SMILES string of the molecule is O=C1NC(=S)N(c2ccccc2)C(=O)C1=Cc1cc(Cl)c(OCc2ccc(C(=O)O)cc2)c(Cl)c1. The van der Waals surface area contributed by atoms with Gasteiger partial charge in [-0.25, -0.2) is 4.79 Å². The number of nitrogens with zero attached hydrogens (tertiary/aromatic N) is 1. The summed E-state index contributed by atoms with van der Waals surface area (Å²) in [7, 11) is 0. The van der Waals surface area contributed by atoms with Gasteiger partial charge < -0.3 is 9.84 Å². The molecular formula is C25H16Cl2N2O5S. The lowest BCUT2D eigenvalue weighted by molar-refractivity contribution is -0.122. The van der Waals surface area contributed by atoms with Crippen LogP contribution in [0.15, 0.2) is 72.3 Å². The molecule has 2 N–H and O–H groups in total. The Labute approximate surface area is 215 Å². The van der Waals surface area contributed by atoms with Crippen molar-refractivity contribution in [3.63, 3.8) is 0 Å². The fourth-order valence-electron chi connectivity index (χ4n) is 3.34. The highest BCUT2D eigenvalue weighted by molar-refractivity contribution is 7.80. The van der Waals surface area contributed by atoms with E-state index in [1.807, 2.05) is 0 Å². The van der Waals surface area contributed by atoms with Crippen LogP contribution in [-0.4, -0.2) is 28.0 Å². The van der Waals surface area contributed by atoms with Crippen molar-refractivity contribution in [2.24, 2.45) is 0 Å². The molecule has 0 unspecified atom stereocenters. The minimum Gasteiger partial charge on any atom is -0.486 e. The molecule has 10 heteroatoms. The van der Waals surface area contributed by atoms with Gasteiger partial charge in [-0.2, -0.15) is 0 Å². The molecule has 4 rings (SSSR count). The van der Waals surface area contributed by atoms with Crippen LogP contribution in [0.5, 0.6) is 5.75 Å². The lowest BCUT2D eigenvalue weighted by Crippen LogP contribution is -2.54. The molecule has 35 heavy (non-hydrogen) atoms. The Kier molecular flexibility index (Phi) is 7.16. The normalized spacial score (nSPS) is 14.7. The van der Waals surface area contributed by atoms with Crippen LogP contribution in [0.3, 0.4) is 0 Å². The molecule has 1 aliphatic heterocycles. The number of carbonyl (C=O) groups is 3. The average molecular weight is 527 g/mol. The molecule has 2 amide bonds. The second-order valence-corrected chi connectivity index (χ2v) is 8.60. The van der Waals surface area contributed by atoms with Gasteiger partial charge in [-0.3, -0.25) is 19.8 Å². The quantitative estimate of drug-likeness (QED) is 0.263. The fraction of sp³-hybridized carbons (Fsp3) is 0.0400. The van der Waals surface area contributed by atoms with Crippen LogP contribution in [0, 0.1) is 0 Å². The lowest BCUT2D eigenvalue weighted by Gasteiger charge is -2.28. The van der Waals surface area contributed by atoms with Crippen molar-refractivity contribution in [2.75, 3.05) is 4.90 Å². The summed E-state index contributed by atoms with van der Waals surface area (Å²) in [6.07, 6.45) is 1.38. The lowest BCUT2D eigenvalue weighted by atomic mass is 10.1. The Morgan fingerprint density at radius 1 is 1.03 bits per heavy atom. The molecule has 0 radical (unpaired) electrons. The topological polar surface area (TPSA) is 95.9 Å². The summed E-state index contributed by atoms with van der Waals surface area (Å²) < 4.78 is 5.73. The van der Waals surface area contributed by atoms with Crippen molar-refractivity contribution in [2.45, 2.75) is 6.61 Å². The predicted octanol–water partition coefficient (Wildman–Crippen LogP) is 5.10. The zero-order valence-electron chi connectivity index (χ0n) is 17.8. The Balaban J connectivity index is 1.56. The Hall–Kier alpha value is -3.72. The van der Waals surface area contributed by atoms with Crippen molar-refractivity contribution < 1.29 is 24.2 Å². The molecule has 0 spiro atoms. The number of carboxylic acid groups (broad SMARTS) is 1. The zero-order chi connectivity index (χ0) is 25.1. The number of anilines is 1. The van der Waals surface area contributed by atoms with E-state index in [1.165, 1.54) is 35.2 Å². The Bertz CT molecular complexity index is 1350. The van der Waals surface area contributed by atoms with E-state index in [4.69, 9.17) is 45.3 Å². The molecule has 1 fully saturated rings. The molecule has 0 bridgehead atoms. The van der Waals surface area contributed by atoms with Gasteiger partial charge in [-0.15, -0.1) is 0 Å². The van der Waals surface area contributed by atoms with Gasteiger partial charge in [-0.1, -0.05) is 53.5 Å². The minimum atomic E-state index is -1.02. The van der Waals surface area contributed by atoms with Gasteiger partial charge >= 0.3 is 5.97 Å². The summed E-state index contributed by atoms with van der Waals surface area (Å²) in [4.78, 5) is 37.8. The first-order valence-electron chi connectivity index (χ1n) is 10.1. The van der Waals surface area contributed by atoms with Crippen molar-refractivity contribution >= 4 is 70.1 Å². The third-order valence-electron chi connectivity index (χ3n) is 5.03. The summed E-state index contributed by atoms with van der Waals surface area (Å²) >= 11 is 17.9. The first-order chi connectivity index (χ1) is 16.7. The van der Waals surface area contributed by atoms with Gasteiger partial charge in [-0.05, 0) is 65.8 Å².